The van der Waals surface area contributed by atoms with E-state index in [1.165, 1.54) is 13.3 Å². The lowest BCUT2D eigenvalue weighted by molar-refractivity contribution is -0.123. The number of nitrogens with one attached hydrogen (secondary N) is 1. The molecule has 1 aromatic carbocycles. The van der Waals surface area contributed by atoms with Crippen molar-refractivity contribution in [3.8, 4) is 0 Å². The number of carbonyl (C=O) groups is 2. The highest BCUT2D eigenvalue weighted by atomic mass is 35.5. The fourth-order valence-electron chi connectivity index (χ4n) is 2.34. The van der Waals surface area contributed by atoms with Crippen LogP contribution in [0.4, 0.5) is 0 Å². The third kappa shape index (κ3) is 2.81. The van der Waals surface area contributed by atoms with E-state index in [2.05, 4.69) is 15.5 Å². The molecule has 0 bridgehead atoms. The number of nitrogens with zero attached hydrogens (tertiary/aromatic N) is 3. The van der Waals surface area contributed by atoms with Crippen LogP contribution >= 0.6 is 11.6 Å². The Morgan fingerprint density at radius 3 is 2.79 bits per heavy atom. The summed E-state index contributed by atoms with van der Waals surface area (Å²) in [6, 6.07) is 9.89. The molecule has 0 aliphatic rings. The first-order valence-electron chi connectivity index (χ1n) is 7.08. The lowest BCUT2D eigenvalue weighted by Crippen LogP contribution is -2.52. The van der Waals surface area contributed by atoms with Crippen molar-refractivity contribution in [3.63, 3.8) is 0 Å². The number of rotatable bonds is 4. The summed E-state index contributed by atoms with van der Waals surface area (Å²) in [5.74, 6) is -1.14. The van der Waals surface area contributed by atoms with E-state index in [1.54, 1.807) is 47.0 Å². The normalized spacial score (nSPS) is 13.4. The maximum absolute atomic E-state index is 12.6. The van der Waals surface area contributed by atoms with E-state index in [1.807, 2.05) is 0 Å². The van der Waals surface area contributed by atoms with Crippen LogP contribution in [-0.2, 0) is 10.3 Å². The van der Waals surface area contributed by atoms with Gasteiger partial charge in [0.25, 0.3) is 5.91 Å². The summed E-state index contributed by atoms with van der Waals surface area (Å²) in [7, 11) is 0. The zero-order valence-corrected chi connectivity index (χ0v) is 13.5. The average Bonchev–Trinajstić information content (AvgIpc) is 3.02. The molecule has 1 atom stereocenters. The Hall–Kier alpha value is -2.93. The molecular formula is C16H14ClN5O2. The second-order valence-corrected chi connectivity index (χ2v) is 5.90. The molecule has 0 saturated heterocycles. The van der Waals surface area contributed by atoms with E-state index in [0.29, 0.717) is 21.8 Å². The Kier molecular flexibility index (Phi) is 3.94. The lowest BCUT2D eigenvalue weighted by atomic mass is 9.91. The summed E-state index contributed by atoms with van der Waals surface area (Å²) in [5.41, 5.74) is 5.59. The van der Waals surface area contributed by atoms with Crippen LogP contribution in [0.5, 0.6) is 0 Å². The molecule has 0 aliphatic carbocycles. The van der Waals surface area contributed by atoms with Gasteiger partial charge in [-0.3, -0.25) is 14.0 Å². The van der Waals surface area contributed by atoms with Crippen molar-refractivity contribution >= 4 is 29.1 Å². The maximum Gasteiger partial charge on any atom is 0.253 e. The van der Waals surface area contributed by atoms with Crippen LogP contribution in [0.1, 0.15) is 22.8 Å². The van der Waals surface area contributed by atoms with Crippen molar-refractivity contribution in [3.05, 3.63) is 65.1 Å². The Labute approximate surface area is 142 Å². The molecule has 0 spiro atoms. The molecule has 0 saturated carbocycles. The molecule has 0 aliphatic heterocycles. The molecule has 0 radical (unpaired) electrons. The van der Waals surface area contributed by atoms with Crippen molar-refractivity contribution in [2.75, 3.05) is 0 Å². The van der Waals surface area contributed by atoms with Gasteiger partial charge in [-0.05, 0) is 36.8 Å². The van der Waals surface area contributed by atoms with E-state index < -0.39 is 17.4 Å². The van der Waals surface area contributed by atoms with Crippen LogP contribution in [0.15, 0.2) is 48.9 Å². The number of aromatic nitrogens is 3. The van der Waals surface area contributed by atoms with Crippen molar-refractivity contribution in [2.45, 2.75) is 12.5 Å². The quantitative estimate of drug-likeness (QED) is 0.749. The number of amides is 2. The van der Waals surface area contributed by atoms with E-state index in [-0.39, 0.29) is 0 Å². The van der Waals surface area contributed by atoms with Gasteiger partial charge < -0.3 is 11.1 Å². The molecule has 8 heteroatoms. The summed E-state index contributed by atoms with van der Waals surface area (Å²) >= 11 is 5.98. The summed E-state index contributed by atoms with van der Waals surface area (Å²) in [6.45, 7) is 1.54. The molecule has 3 N–H and O–H groups in total. The Morgan fingerprint density at radius 1 is 1.29 bits per heavy atom. The number of halogens is 1. The van der Waals surface area contributed by atoms with Crippen LogP contribution in [0.3, 0.4) is 0 Å². The van der Waals surface area contributed by atoms with Gasteiger partial charge in [-0.2, -0.15) is 0 Å². The van der Waals surface area contributed by atoms with Crippen molar-refractivity contribution in [1.29, 1.82) is 0 Å². The standard InChI is InChI=1S/C16H14ClN5O2/c1-16(15(18)24,11-3-2-4-12(17)7-11)20-14(23)10-5-6-13-21-19-9-22(13)8-10/h2-9H,1H3,(H2,18,24)(H,20,23)/t16-/m0/s1. The average molecular weight is 344 g/mol. The number of pyridine rings is 1. The van der Waals surface area contributed by atoms with Crippen molar-refractivity contribution in [2.24, 2.45) is 5.73 Å². The topological polar surface area (TPSA) is 102 Å². The van der Waals surface area contributed by atoms with Crippen LogP contribution in [-0.4, -0.2) is 26.4 Å². The van der Waals surface area contributed by atoms with Gasteiger partial charge in [0.15, 0.2) is 5.65 Å². The van der Waals surface area contributed by atoms with Gasteiger partial charge >= 0.3 is 0 Å². The Bertz CT molecular complexity index is 939. The molecule has 2 aromatic heterocycles. The number of primary amides is 1. The molecule has 122 valence electrons. The zero-order chi connectivity index (χ0) is 17.3. The summed E-state index contributed by atoms with van der Waals surface area (Å²) in [5, 5.41) is 10.8. The van der Waals surface area contributed by atoms with E-state index in [4.69, 9.17) is 17.3 Å². The van der Waals surface area contributed by atoms with Gasteiger partial charge in [0.2, 0.25) is 5.91 Å². The van der Waals surface area contributed by atoms with Crippen LogP contribution in [0.2, 0.25) is 5.02 Å². The number of benzene rings is 1. The number of nitrogens with two attached hydrogens (primary N) is 1. The molecule has 2 heterocycles. The second-order valence-electron chi connectivity index (χ2n) is 5.47. The van der Waals surface area contributed by atoms with Crippen LogP contribution in [0, 0.1) is 0 Å². The summed E-state index contributed by atoms with van der Waals surface area (Å²) in [6.07, 6.45) is 3.06. The Balaban J connectivity index is 1.95. The largest absolute Gasteiger partial charge is 0.367 e. The predicted octanol–water partition coefficient (Wildman–Crippen LogP) is 1.51. The van der Waals surface area contributed by atoms with Gasteiger partial charge in [0.05, 0.1) is 5.56 Å². The number of fused-ring (bicyclic) bond motifs is 1. The highest BCUT2D eigenvalue weighted by Gasteiger charge is 2.35. The maximum atomic E-state index is 12.6. The highest BCUT2D eigenvalue weighted by molar-refractivity contribution is 6.30. The van der Waals surface area contributed by atoms with Gasteiger partial charge in [0, 0.05) is 11.2 Å². The molecular weight excluding hydrogens is 330 g/mol. The number of carbonyl (C=O) groups excluding carboxylic acids is 2. The lowest BCUT2D eigenvalue weighted by Gasteiger charge is -2.28. The molecule has 3 rings (SSSR count). The van der Waals surface area contributed by atoms with Gasteiger partial charge in [0.1, 0.15) is 11.9 Å². The minimum Gasteiger partial charge on any atom is -0.367 e. The van der Waals surface area contributed by atoms with Crippen LogP contribution < -0.4 is 11.1 Å². The molecule has 3 aromatic rings. The third-order valence-corrected chi connectivity index (χ3v) is 4.05. The summed E-state index contributed by atoms with van der Waals surface area (Å²) < 4.78 is 1.61. The van der Waals surface area contributed by atoms with Crippen LogP contribution in [0.25, 0.3) is 5.65 Å². The fraction of sp³-hybridized carbons (Fsp3) is 0.125. The molecule has 0 fully saturated rings. The van der Waals surface area contributed by atoms with Gasteiger partial charge in [-0.25, -0.2) is 0 Å². The monoisotopic (exact) mass is 343 g/mol. The summed E-state index contributed by atoms with van der Waals surface area (Å²) in [4.78, 5) is 24.6. The first-order chi connectivity index (χ1) is 11.4. The predicted molar refractivity (Wildman–Crippen MR) is 88.5 cm³/mol. The highest BCUT2D eigenvalue weighted by Crippen LogP contribution is 2.24. The SMILES string of the molecule is C[C@@](NC(=O)c1ccc2nncn2c1)(C(N)=O)c1cccc(Cl)c1. The minimum atomic E-state index is -1.40. The van der Waals surface area contributed by atoms with Crippen molar-refractivity contribution in [1.82, 2.24) is 19.9 Å². The van der Waals surface area contributed by atoms with Gasteiger partial charge in [-0.15, -0.1) is 10.2 Å². The zero-order valence-electron chi connectivity index (χ0n) is 12.7. The second kappa shape index (κ2) is 5.93. The number of hydrogen-bond acceptors (Lipinski definition) is 4. The fourth-order valence-corrected chi connectivity index (χ4v) is 2.53. The molecule has 2 amide bonds. The smallest absolute Gasteiger partial charge is 0.253 e. The van der Waals surface area contributed by atoms with Crippen molar-refractivity contribution < 1.29 is 9.59 Å². The van der Waals surface area contributed by atoms with E-state index in [0.717, 1.165) is 0 Å². The first kappa shape index (κ1) is 15.9. The van der Waals surface area contributed by atoms with E-state index >= 15 is 0 Å². The van der Waals surface area contributed by atoms with Gasteiger partial charge in [-0.1, -0.05) is 23.7 Å². The first-order valence-corrected chi connectivity index (χ1v) is 7.46. The molecule has 7 nitrogen and oxygen atoms in total. The Morgan fingerprint density at radius 2 is 2.08 bits per heavy atom. The third-order valence-electron chi connectivity index (χ3n) is 3.81. The minimum absolute atomic E-state index is 0.344. The molecule has 0 unspecified atom stereocenters. The molecule has 24 heavy (non-hydrogen) atoms. The number of hydrogen-bond donors (Lipinski definition) is 2. The van der Waals surface area contributed by atoms with E-state index in [9.17, 15) is 9.59 Å².